The molecule has 1 N–H and O–H groups in total. The highest BCUT2D eigenvalue weighted by atomic mass is 32.1. The fourth-order valence-electron chi connectivity index (χ4n) is 4.20. The maximum absolute atomic E-state index is 12.6. The molecule has 42 heavy (non-hydrogen) atoms. The maximum atomic E-state index is 12.6. The molecule has 1 unspecified atom stereocenters. The number of imide groups is 1. The third-order valence-electron chi connectivity index (χ3n) is 7.48. The Balaban J connectivity index is 0.000000260. The highest BCUT2D eigenvalue weighted by molar-refractivity contribution is 7.17. The summed E-state index contributed by atoms with van der Waals surface area (Å²) in [6, 6.07) is 8.80. The molecule has 2 amide bonds. The van der Waals surface area contributed by atoms with E-state index in [1.165, 1.54) is 16.9 Å². The molecule has 1 saturated heterocycles. The molecule has 0 bridgehead atoms. The lowest BCUT2D eigenvalue weighted by Crippen LogP contribution is -2.36. The molecule has 3 aromatic rings. The topological polar surface area (TPSA) is 98.1 Å². The van der Waals surface area contributed by atoms with Gasteiger partial charge in [0.25, 0.3) is 5.91 Å². The number of methoxy groups -OCH3 is 1. The number of anilines is 1. The predicted octanol–water partition coefficient (Wildman–Crippen LogP) is 6.72. The molecule has 8 nitrogen and oxygen atoms in total. The molecule has 1 aromatic carbocycles. The summed E-state index contributed by atoms with van der Waals surface area (Å²) in [5.74, 6) is 0.647. The first kappa shape index (κ1) is 32.8. The zero-order valence-corrected chi connectivity index (χ0v) is 26.5. The molecule has 226 valence electrons. The van der Waals surface area contributed by atoms with Gasteiger partial charge in [-0.3, -0.25) is 19.7 Å². The molecule has 9 heteroatoms. The van der Waals surface area contributed by atoms with Gasteiger partial charge in [0, 0.05) is 36.0 Å². The number of carbonyl (C=O) groups is 2. The van der Waals surface area contributed by atoms with Crippen LogP contribution in [0.5, 0.6) is 0 Å². The molecular formula is C33H42N2O6S. The highest BCUT2D eigenvalue weighted by Crippen LogP contribution is 2.33. The monoisotopic (exact) mass is 594 g/mol. The first-order chi connectivity index (χ1) is 20.1. The number of ether oxygens (including phenoxy) is 2. The van der Waals surface area contributed by atoms with Crippen LogP contribution in [0.1, 0.15) is 68.9 Å². The quantitative estimate of drug-likeness (QED) is 0.228. The smallest absolute Gasteiger partial charge is 0.258 e. The van der Waals surface area contributed by atoms with E-state index in [1.54, 1.807) is 32.2 Å². The number of aryl methyl sites for hydroxylation is 1. The second-order valence-corrected chi connectivity index (χ2v) is 11.2. The summed E-state index contributed by atoms with van der Waals surface area (Å²) in [5.41, 5.74) is 5.29. The van der Waals surface area contributed by atoms with Crippen molar-refractivity contribution in [2.24, 2.45) is 5.92 Å². The second kappa shape index (κ2) is 15.5. The maximum Gasteiger partial charge on any atom is 0.258 e. The Hall–Kier alpha value is -3.69. The number of thiophene rings is 1. The van der Waals surface area contributed by atoms with E-state index < -0.39 is 0 Å². The van der Waals surface area contributed by atoms with Crippen molar-refractivity contribution in [1.29, 1.82) is 0 Å². The molecule has 1 fully saturated rings. The van der Waals surface area contributed by atoms with Crippen molar-refractivity contribution >= 4 is 45.1 Å². The van der Waals surface area contributed by atoms with Crippen molar-refractivity contribution in [3.63, 3.8) is 0 Å². The van der Waals surface area contributed by atoms with Gasteiger partial charge in [0.05, 0.1) is 25.9 Å². The van der Waals surface area contributed by atoms with Crippen molar-refractivity contribution in [3.05, 3.63) is 79.8 Å². The summed E-state index contributed by atoms with van der Waals surface area (Å²) < 4.78 is 17.8. The van der Waals surface area contributed by atoms with Crippen molar-refractivity contribution < 1.29 is 23.5 Å². The summed E-state index contributed by atoms with van der Waals surface area (Å²) in [7, 11) is 1.65. The molecule has 4 rings (SSSR count). The lowest BCUT2D eigenvalue weighted by Gasteiger charge is -2.27. The number of hydrogen-bond donors (Lipinski definition) is 1. The third kappa shape index (κ3) is 8.20. The van der Waals surface area contributed by atoms with Crippen molar-refractivity contribution in [1.82, 2.24) is 5.32 Å². The van der Waals surface area contributed by atoms with Gasteiger partial charge < -0.3 is 18.8 Å². The summed E-state index contributed by atoms with van der Waals surface area (Å²) in [5, 5.41) is 4.34. The predicted molar refractivity (Wildman–Crippen MR) is 170 cm³/mol. The molecule has 3 heterocycles. The molecular weight excluding hydrogens is 552 g/mol. The van der Waals surface area contributed by atoms with Gasteiger partial charge in [-0.1, -0.05) is 44.5 Å². The van der Waals surface area contributed by atoms with Crippen LogP contribution in [-0.2, 0) is 14.3 Å². The highest BCUT2D eigenvalue weighted by Gasteiger charge is 2.20. The van der Waals surface area contributed by atoms with Crippen LogP contribution in [0.25, 0.3) is 16.0 Å². The molecule has 0 aliphatic carbocycles. The first-order valence-corrected chi connectivity index (χ1v) is 15.2. The van der Waals surface area contributed by atoms with Crippen LogP contribution < -0.4 is 15.6 Å². The Morgan fingerprint density at radius 3 is 2.45 bits per heavy atom. The van der Waals surface area contributed by atoms with Gasteiger partial charge in [0.1, 0.15) is 10.5 Å². The minimum atomic E-state index is -0.316. The zero-order chi connectivity index (χ0) is 30.8. The van der Waals surface area contributed by atoms with Crippen LogP contribution in [0, 0.1) is 12.8 Å². The van der Waals surface area contributed by atoms with E-state index in [4.69, 9.17) is 13.9 Å². The van der Waals surface area contributed by atoms with Crippen molar-refractivity contribution in [3.8, 4) is 0 Å². The Bertz CT molecular complexity index is 1510. The van der Waals surface area contributed by atoms with E-state index >= 15 is 0 Å². The SMILES string of the molecule is CC/C(C)=C(C)/C=C(\OC)c1csc2c(=O)cc(N3CCOCC3)oc12.CCC(C)C(=O)NC(=O)c1ccccc1C. The van der Waals surface area contributed by atoms with Gasteiger partial charge in [-0.05, 0) is 56.9 Å². The van der Waals surface area contributed by atoms with Gasteiger partial charge in [-0.25, -0.2) is 0 Å². The zero-order valence-electron chi connectivity index (χ0n) is 25.7. The Morgan fingerprint density at radius 1 is 1.14 bits per heavy atom. The van der Waals surface area contributed by atoms with Crippen molar-refractivity contribution in [2.75, 3.05) is 38.3 Å². The fraction of sp³-hybridized carbons (Fsp3) is 0.424. The number of benzene rings is 1. The molecule has 0 saturated carbocycles. The standard InChI is InChI=1S/C20H25NO4S.C13H17NO2/c1-5-13(2)14(3)10-17(23-4)15-12-26-20-16(22)11-18(25-19(15)20)21-6-8-24-9-7-21;1-4-9(2)12(15)14-13(16)11-8-6-5-7-10(11)3/h10-12H,5-9H2,1-4H3;5-9H,4H2,1-3H3,(H,14,15,16)/b14-13+,17-10-;. The number of hydrogen-bond acceptors (Lipinski definition) is 8. The molecule has 1 aliphatic rings. The molecule has 0 radical (unpaired) electrons. The van der Waals surface area contributed by atoms with E-state index in [-0.39, 0.29) is 23.2 Å². The summed E-state index contributed by atoms with van der Waals surface area (Å²) in [6.07, 6.45) is 3.73. The second-order valence-electron chi connectivity index (χ2n) is 10.3. The largest absolute Gasteiger partial charge is 0.496 e. The Kier molecular flexibility index (Phi) is 12.1. The van der Waals surface area contributed by atoms with E-state index in [2.05, 4.69) is 26.1 Å². The van der Waals surface area contributed by atoms with Crippen LogP contribution >= 0.6 is 11.3 Å². The number of morpholine rings is 1. The number of amides is 2. The van der Waals surface area contributed by atoms with E-state index in [1.807, 2.05) is 42.3 Å². The fourth-order valence-corrected chi connectivity index (χ4v) is 5.09. The van der Waals surface area contributed by atoms with Gasteiger partial charge in [0.2, 0.25) is 11.3 Å². The molecule has 0 spiro atoms. The Morgan fingerprint density at radius 2 is 1.83 bits per heavy atom. The van der Waals surface area contributed by atoms with Crippen LogP contribution in [0.3, 0.4) is 0 Å². The van der Waals surface area contributed by atoms with Gasteiger partial charge >= 0.3 is 0 Å². The van der Waals surface area contributed by atoms with Gasteiger partial charge in [-0.2, -0.15) is 0 Å². The third-order valence-corrected chi connectivity index (χ3v) is 8.45. The minimum Gasteiger partial charge on any atom is -0.496 e. The average molecular weight is 595 g/mol. The number of nitrogens with one attached hydrogen (secondary N) is 1. The Labute approximate surface area is 252 Å². The average Bonchev–Trinajstić information content (AvgIpc) is 3.44. The number of nitrogens with zero attached hydrogens (tertiary/aromatic N) is 1. The summed E-state index contributed by atoms with van der Waals surface area (Å²) >= 11 is 1.39. The van der Waals surface area contributed by atoms with Gasteiger partial charge in [-0.15, -0.1) is 11.3 Å². The number of rotatable bonds is 8. The number of allylic oxidation sites excluding steroid dienone is 3. The van der Waals surface area contributed by atoms with E-state index in [0.717, 1.165) is 42.6 Å². The number of fused-ring (bicyclic) bond motifs is 1. The number of carbonyl (C=O) groups excluding carboxylic acids is 2. The van der Waals surface area contributed by atoms with E-state index in [9.17, 15) is 14.4 Å². The lowest BCUT2D eigenvalue weighted by atomic mass is 10.1. The van der Waals surface area contributed by atoms with Crippen LogP contribution in [-0.4, -0.2) is 45.2 Å². The van der Waals surface area contributed by atoms with Crippen LogP contribution in [0.15, 0.2) is 62.1 Å². The molecule has 2 aromatic heterocycles. The summed E-state index contributed by atoms with van der Waals surface area (Å²) in [6.45, 7) is 14.6. The molecule has 1 atom stereocenters. The van der Waals surface area contributed by atoms with Gasteiger partial charge in [0.15, 0.2) is 11.5 Å². The first-order valence-electron chi connectivity index (χ1n) is 14.3. The van der Waals surface area contributed by atoms with Crippen molar-refractivity contribution in [2.45, 2.75) is 54.4 Å². The summed E-state index contributed by atoms with van der Waals surface area (Å²) in [4.78, 5) is 37.9. The van der Waals surface area contributed by atoms with Crippen LogP contribution in [0.2, 0.25) is 0 Å². The lowest BCUT2D eigenvalue weighted by molar-refractivity contribution is -0.123. The van der Waals surface area contributed by atoms with E-state index in [0.29, 0.717) is 40.7 Å². The minimum absolute atomic E-state index is 0.0172. The normalized spacial score (nSPS) is 14.9. The van der Waals surface area contributed by atoms with Crippen LogP contribution in [0.4, 0.5) is 5.88 Å². The molecule has 1 aliphatic heterocycles.